The maximum Gasteiger partial charge on any atom is 0.0721 e. The van der Waals surface area contributed by atoms with Crippen molar-refractivity contribution in [3.63, 3.8) is 0 Å². The van der Waals surface area contributed by atoms with Crippen LogP contribution >= 0.6 is 15.9 Å². The fourth-order valence-corrected chi connectivity index (χ4v) is 2.74. The molecular weight excluding hydrogens is 326 g/mol. The minimum atomic E-state index is 0.643. The van der Waals surface area contributed by atoms with Gasteiger partial charge < -0.3 is 10.1 Å². The third kappa shape index (κ3) is 4.95. The van der Waals surface area contributed by atoms with Gasteiger partial charge in [-0.2, -0.15) is 0 Å². The van der Waals surface area contributed by atoms with E-state index in [9.17, 15) is 0 Å². The molecule has 0 aromatic heterocycles. The summed E-state index contributed by atoms with van der Waals surface area (Å²) in [5, 5.41) is 3.54. The highest BCUT2D eigenvalue weighted by molar-refractivity contribution is 9.10. The number of hydrogen-bond donors (Lipinski definition) is 1. The van der Waals surface area contributed by atoms with E-state index in [4.69, 9.17) is 4.74 Å². The molecule has 0 saturated heterocycles. The van der Waals surface area contributed by atoms with Gasteiger partial charge in [-0.05, 0) is 41.7 Å². The minimum Gasteiger partial charge on any atom is -0.372 e. The first-order valence-electron chi connectivity index (χ1n) is 7.43. The Morgan fingerprint density at radius 2 is 1.62 bits per heavy atom. The van der Waals surface area contributed by atoms with Gasteiger partial charge >= 0.3 is 0 Å². The summed E-state index contributed by atoms with van der Waals surface area (Å²) >= 11 is 3.48. The van der Waals surface area contributed by atoms with Crippen molar-refractivity contribution in [1.29, 1.82) is 0 Å². The topological polar surface area (TPSA) is 21.3 Å². The molecule has 0 atom stereocenters. The Labute approximate surface area is 134 Å². The molecule has 2 aromatic rings. The second kappa shape index (κ2) is 7.21. The number of halogens is 1. The van der Waals surface area contributed by atoms with E-state index in [-0.39, 0.29) is 0 Å². The van der Waals surface area contributed by atoms with E-state index in [0.717, 1.165) is 17.1 Å². The lowest BCUT2D eigenvalue weighted by Crippen LogP contribution is -2.15. The van der Waals surface area contributed by atoms with E-state index in [0.29, 0.717) is 13.2 Å². The fourth-order valence-electron chi connectivity index (χ4n) is 2.29. The van der Waals surface area contributed by atoms with Crippen LogP contribution in [0.15, 0.2) is 53.0 Å². The molecule has 0 aliphatic heterocycles. The van der Waals surface area contributed by atoms with Crippen LogP contribution < -0.4 is 5.32 Å². The van der Waals surface area contributed by atoms with Gasteiger partial charge in [0, 0.05) is 17.1 Å². The van der Waals surface area contributed by atoms with Crippen LogP contribution in [0.2, 0.25) is 0 Å². The maximum absolute atomic E-state index is 5.81. The zero-order chi connectivity index (χ0) is 14.5. The number of rotatable bonds is 7. The molecule has 21 heavy (non-hydrogen) atoms. The first-order valence-corrected chi connectivity index (χ1v) is 8.22. The molecule has 0 unspecified atom stereocenters. The second-order valence-electron chi connectivity index (χ2n) is 5.60. The third-order valence-corrected chi connectivity index (χ3v) is 4.08. The van der Waals surface area contributed by atoms with Crippen molar-refractivity contribution in [3.8, 4) is 0 Å². The van der Waals surface area contributed by atoms with Crippen molar-refractivity contribution >= 4 is 15.9 Å². The van der Waals surface area contributed by atoms with Gasteiger partial charge in [0.05, 0.1) is 13.2 Å². The lowest BCUT2D eigenvalue weighted by Gasteiger charge is -2.08. The molecule has 2 aromatic carbocycles. The largest absolute Gasteiger partial charge is 0.372 e. The molecule has 1 aliphatic rings. The Morgan fingerprint density at radius 3 is 2.33 bits per heavy atom. The predicted octanol–water partition coefficient (Wildman–Crippen LogP) is 4.42. The number of ether oxygens (including phenoxy) is 1. The summed E-state index contributed by atoms with van der Waals surface area (Å²) < 4.78 is 6.91. The van der Waals surface area contributed by atoms with Gasteiger partial charge in [-0.15, -0.1) is 0 Å². The highest BCUT2D eigenvalue weighted by atomic mass is 79.9. The molecule has 3 rings (SSSR count). The van der Waals surface area contributed by atoms with Crippen LogP contribution in [-0.2, 0) is 24.5 Å². The lowest BCUT2D eigenvalue weighted by atomic mass is 10.1. The van der Waals surface area contributed by atoms with Gasteiger partial charge in [0.25, 0.3) is 0 Å². The summed E-state index contributed by atoms with van der Waals surface area (Å²) in [5.74, 6) is 0. The molecule has 0 radical (unpaired) electrons. The molecular formula is C18H20BrNO. The SMILES string of the molecule is Brc1cccc(COCc2cccc(CNC3CC3)c2)c1. The lowest BCUT2D eigenvalue weighted by molar-refractivity contribution is 0.107. The molecule has 1 fully saturated rings. The average molecular weight is 346 g/mol. The quantitative estimate of drug-likeness (QED) is 0.801. The van der Waals surface area contributed by atoms with Gasteiger partial charge in [0.1, 0.15) is 0 Å². The van der Waals surface area contributed by atoms with Gasteiger partial charge in [0.2, 0.25) is 0 Å². The molecule has 1 aliphatic carbocycles. The van der Waals surface area contributed by atoms with E-state index in [2.05, 4.69) is 57.6 Å². The Hall–Kier alpha value is -1.16. The van der Waals surface area contributed by atoms with Gasteiger partial charge in [-0.3, -0.25) is 0 Å². The number of benzene rings is 2. The summed E-state index contributed by atoms with van der Waals surface area (Å²) in [6, 6.07) is 17.6. The van der Waals surface area contributed by atoms with Gasteiger partial charge in [-0.25, -0.2) is 0 Å². The Balaban J connectivity index is 1.49. The summed E-state index contributed by atoms with van der Waals surface area (Å²) in [6.07, 6.45) is 2.66. The van der Waals surface area contributed by atoms with Crippen molar-refractivity contribution in [3.05, 3.63) is 69.7 Å². The first kappa shape index (κ1) is 14.8. The van der Waals surface area contributed by atoms with E-state index >= 15 is 0 Å². The van der Waals surface area contributed by atoms with Crippen molar-refractivity contribution in [2.75, 3.05) is 0 Å². The Bertz CT molecular complexity index is 595. The molecule has 2 nitrogen and oxygen atoms in total. The Morgan fingerprint density at radius 1 is 0.952 bits per heavy atom. The van der Waals surface area contributed by atoms with E-state index in [1.165, 1.54) is 29.5 Å². The Kier molecular flexibility index (Phi) is 5.07. The van der Waals surface area contributed by atoms with Crippen molar-refractivity contribution in [2.45, 2.75) is 38.6 Å². The van der Waals surface area contributed by atoms with Crippen LogP contribution in [-0.4, -0.2) is 6.04 Å². The molecule has 3 heteroatoms. The van der Waals surface area contributed by atoms with E-state index in [1.807, 2.05) is 12.1 Å². The smallest absolute Gasteiger partial charge is 0.0721 e. The monoisotopic (exact) mass is 345 g/mol. The standard InChI is InChI=1S/C18H20BrNO/c19-17-6-2-5-16(10-17)13-21-12-15-4-1-3-14(9-15)11-20-18-7-8-18/h1-6,9-10,18,20H,7-8,11-13H2. The van der Waals surface area contributed by atoms with Crippen molar-refractivity contribution in [1.82, 2.24) is 5.32 Å². The van der Waals surface area contributed by atoms with Crippen LogP contribution in [0, 0.1) is 0 Å². The molecule has 110 valence electrons. The minimum absolute atomic E-state index is 0.643. The second-order valence-corrected chi connectivity index (χ2v) is 6.51. The van der Waals surface area contributed by atoms with Gasteiger partial charge in [0.15, 0.2) is 0 Å². The van der Waals surface area contributed by atoms with Gasteiger partial charge in [-0.1, -0.05) is 52.3 Å². The molecule has 0 heterocycles. The molecule has 1 N–H and O–H groups in total. The molecule has 0 bridgehead atoms. The summed E-state index contributed by atoms with van der Waals surface area (Å²) in [5.41, 5.74) is 3.77. The highest BCUT2D eigenvalue weighted by Crippen LogP contribution is 2.19. The van der Waals surface area contributed by atoms with Crippen molar-refractivity contribution < 1.29 is 4.74 Å². The van der Waals surface area contributed by atoms with Crippen LogP contribution in [0.25, 0.3) is 0 Å². The van der Waals surface area contributed by atoms with E-state index in [1.54, 1.807) is 0 Å². The van der Waals surface area contributed by atoms with Crippen molar-refractivity contribution in [2.24, 2.45) is 0 Å². The number of nitrogens with one attached hydrogen (secondary N) is 1. The van der Waals surface area contributed by atoms with Crippen LogP contribution in [0.1, 0.15) is 29.5 Å². The summed E-state index contributed by atoms with van der Waals surface area (Å²) in [4.78, 5) is 0. The fraction of sp³-hybridized carbons (Fsp3) is 0.333. The van der Waals surface area contributed by atoms with E-state index < -0.39 is 0 Å². The normalized spacial score (nSPS) is 14.3. The highest BCUT2D eigenvalue weighted by Gasteiger charge is 2.19. The average Bonchev–Trinajstić information content (AvgIpc) is 3.30. The van der Waals surface area contributed by atoms with Crippen LogP contribution in [0.5, 0.6) is 0 Å². The zero-order valence-corrected chi connectivity index (χ0v) is 13.6. The molecule has 1 saturated carbocycles. The van der Waals surface area contributed by atoms with Crippen LogP contribution in [0.4, 0.5) is 0 Å². The summed E-state index contributed by atoms with van der Waals surface area (Å²) in [6.45, 7) is 2.26. The molecule has 0 amide bonds. The predicted molar refractivity (Wildman–Crippen MR) is 88.9 cm³/mol. The van der Waals surface area contributed by atoms with Crippen LogP contribution in [0.3, 0.4) is 0 Å². The summed E-state index contributed by atoms with van der Waals surface area (Å²) in [7, 11) is 0. The maximum atomic E-state index is 5.81. The first-order chi connectivity index (χ1) is 10.3. The third-order valence-electron chi connectivity index (χ3n) is 3.59. The zero-order valence-electron chi connectivity index (χ0n) is 12.0. The molecule has 0 spiro atoms. The number of hydrogen-bond acceptors (Lipinski definition) is 2.